The molecular formula is C10H16N4. The van der Waals surface area contributed by atoms with Gasteiger partial charge in [-0.15, -0.1) is 0 Å². The molecule has 0 radical (unpaired) electrons. The van der Waals surface area contributed by atoms with Gasteiger partial charge in [0.1, 0.15) is 0 Å². The van der Waals surface area contributed by atoms with Crippen LogP contribution in [-0.2, 0) is 0 Å². The molecule has 0 atom stereocenters. The van der Waals surface area contributed by atoms with Gasteiger partial charge in [-0.25, -0.2) is 0 Å². The van der Waals surface area contributed by atoms with E-state index in [-0.39, 0.29) is 0 Å². The Labute approximate surface area is 85.0 Å². The first-order valence-corrected chi connectivity index (χ1v) is 4.71. The Balaban J connectivity index is 1.80. The van der Waals surface area contributed by atoms with Crippen molar-refractivity contribution in [3.05, 3.63) is 37.6 Å². The van der Waals surface area contributed by atoms with Crippen molar-refractivity contribution in [2.45, 2.75) is 0 Å². The fourth-order valence-corrected chi connectivity index (χ4v) is 1.61. The molecule has 0 saturated heterocycles. The van der Waals surface area contributed by atoms with Crippen LogP contribution >= 0.6 is 0 Å². The highest BCUT2D eigenvalue weighted by Gasteiger charge is 2.14. The lowest BCUT2D eigenvalue weighted by molar-refractivity contribution is 0.184. The molecule has 0 fully saturated rings. The Bertz CT molecular complexity index is 271. The molecule has 0 saturated carbocycles. The highest BCUT2D eigenvalue weighted by atomic mass is 15.4. The van der Waals surface area contributed by atoms with Gasteiger partial charge in [-0.3, -0.25) is 0 Å². The van der Waals surface area contributed by atoms with E-state index in [9.17, 15) is 0 Å². The number of rotatable bonds is 3. The second-order valence-corrected chi connectivity index (χ2v) is 3.65. The minimum atomic E-state index is 0.900. The molecule has 2 heterocycles. The monoisotopic (exact) mass is 192 g/mol. The van der Waals surface area contributed by atoms with E-state index < -0.39 is 0 Å². The second kappa shape index (κ2) is 3.65. The van der Waals surface area contributed by atoms with Gasteiger partial charge in [0.2, 0.25) is 0 Å². The summed E-state index contributed by atoms with van der Waals surface area (Å²) in [6, 6.07) is 0. The smallest absolute Gasteiger partial charge is 0.0952 e. The minimum Gasteiger partial charge on any atom is -0.362 e. The van der Waals surface area contributed by atoms with Gasteiger partial charge in [0, 0.05) is 31.8 Å². The van der Waals surface area contributed by atoms with Crippen LogP contribution in [0.25, 0.3) is 0 Å². The van der Waals surface area contributed by atoms with Crippen molar-refractivity contribution in [1.82, 2.24) is 19.6 Å². The standard InChI is InChI=1S/C10H16N4/c1-3-12-6-7-14(9-12)10-13-5-4-11(2)8-13/h3-7H,1,8-10H2,2H3. The summed E-state index contributed by atoms with van der Waals surface area (Å²) in [5.74, 6) is 0. The molecular weight excluding hydrogens is 176 g/mol. The lowest BCUT2D eigenvalue weighted by atomic mass is 10.7. The van der Waals surface area contributed by atoms with Gasteiger partial charge in [-0.1, -0.05) is 6.58 Å². The summed E-state index contributed by atoms with van der Waals surface area (Å²) in [7, 11) is 2.08. The molecule has 14 heavy (non-hydrogen) atoms. The molecule has 0 spiro atoms. The molecule has 0 aromatic heterocycles. The van der Waals surface area contributed by atoms with Crippen molar-refractivity contribution in [3.8, 4) is 0 Å². The van der Waals surface area contributed by atoms with Crippen molar-refractivity contribution < 1.29 is 0 Å². The molecule has 2 rings (SSSR count). The Hall–Kier alpha value is -1.58. The molecule has 0 aromatic rings. The van der Waals surface area contributed by atoms with Gasteiger partial charge in [0.25, 0.3) is 0 Å². The largest absolute Gasteiger partial charge is 0.362 e. The molecule has 0 aromatic carbocycles. The topological polar surface area (TPSA) is 13.0 Å². The SMILES string of the molecule is C=CN1C=CN(CN2C=CN(C)C2)C1. The number of hydrogen-bond acceptors (Lipinski definition) is 4. The van der Waals surface area contributed by atoms with Crippen LogP contribution in [0.15, 0.2) is 37.6 Å². The van der Waals surface area contributed by atoms with Crippen LogP contribution in [0.3, 0.4) is 0 Å². The first-order chi connectivity index (χ1) is 6.78. The summed E-state index contributed by atoms with van der Waals surface area (Å²) in [6.45, 7) is 6.54. The van der Waals surface area contributed by atoms with Crippen molar-refractivity contribution in [2.75, 3.05) is 27.1 Å². The third kappa shape index (κ3) is 1.84. The van der Waals surface area contributed by atoms with Gasteiger partial charge >= 0.3 is 0 Å². The average Bonchev–Trinajstić information content (AvgIpc) is 2.76. The van der Waals surface area contributed by atoms with Gasteiger partial charge in [-0.2, -0.15) is 0 Å². The number of nitrogens with zero attached hydrogens (tertiary/aromatic N) is 4. The molecule has 2 aliphatic heterocycles. The predicted octanol–water partition coefficient (Wildman–Crippen LogP) is 0.810. The zero-order valence-electron chi connectivity index (χ0n) is 8.50. The van der Waals surface area contributed by atoms with Crippen molar-refractivity contribution in [2.24, 2.45) is 0 Å². The highest BCUT2D eigenvalue weighted by molar-refractivity contribution is 4.96. The van der Waals surface area contributed by atoms with Crippen LogP contribution in [0.1, 0.15) is 0 Å². The van der Waals surface area contributed by atoms with Crippen LogP contribution in [-0.4, -0.2) is 46.7 Å². The fourth-order valence-electron chi connectivity index (χ4n) is 1.61. The van der Waals surface area contributed by atoms with Crippen molar-refractivity contribution in [3.63, 3.8) is 0 Å². The lowest BCUT2D eigenvalue weighted by Gasteiger charge is -2.25. The third-order valence-electron chi connectivity index (χ3n) is 2.35. The normalized spacial score (nSPS) is 20.1. The molecule has 76 valence electrons. The van der Waals surface area contributed by atoms with E-state index in [1.165, 1.54) is 0 Å². The quantitative estimate of drug-likeness (QED) is 0.656. The zero-order chi connectivity index (χ0) is 9.97. The van der Waals surface area contributed by atoms with Crippen LogP contribution in [0, 0.1) is 0 Å². The highest BCUT2D eigenvalue weighted by Crippen LogP contribution is 2.10. The van der Waals surface area contributed by atoms with E-state index in [1.54, 1.807) is 0 Å². The molecule has 0 aliphatic carbocycles. The predicted molar refractivity (Wildman–Crippen MR) is 56.4 cm³/mol. The van der Waals surface area contributed by atoms with E-state index in [0.717, 1.165) is 20.0 Å². The Morgan fingerprint density at radius 2 is 1.86 bits per heavy atom. The molecule has 4 heteroatoms. The fraction of sp³-hybridized carbons (Fsp3) is 0.400. The van der Waals surface area contributed by atoms with Crippen molar-refractivity contribution >= 4 is 0 Å². The minimum absolute atomic E-state index is 0.900. The van der Waals surface area contributed by atoms with Gasteiger partial charge in [0.05, 0.1) is 20.0 Å². The Kier molecular flexibility index (Phi) is 2.35. The molecule has 2 aliphatic rings. The second-order valence-electron chi connectivity index (χ2n) is 3.65. The van der Waals surface area contributed by atoms with E-state index in [4.69, 9.17) is 0 Å². The molecule has 0 unspecified atom stereocenters. The maximum absolute atomic E-state index is 3.73. The maximum Gasteiger partial charge on any atom is 0.0952 e. The van der Waals surface area contributed by atoms with Crippen LogP contribution in [0.4, 0.5) is 0 Å². The van der Waals surface area contributed by atoms with Gasteiger partial charge in [0.15, 0.2) is 0 Å². The summed E-state index contributed by atoms with van der Waals surface area (Å²) < 4.78 is 0. The van der Waals surface area contributed by atoms with Gasteiger partial charge in [-0.05, 0) is 6.20 Å². The van der Waals surface area contributed by atoms with Crippen LogP contribution < -0.4 is 0 Å². The molecule has 0 N–H and O–H groups in total. The van der Waals surface area contributed by atoms with E-state index >= 15 is 0 Å². The summed E-state index contributed by atoms with van der Waals surface area (Å²) in [4.78, 5) is 8.72. The molecule has 0 bridgehead atoms. The molecule has 0 amide bonds. The summed E-state index contributed by atoms with van der Waals surface area (Å²) in [5.41, 5.74) is 0. The van der Waals surface area contributed by atoms with E-state index in [2.05, 4.69) is 51.8 Å². The summed E-state index contributed by atoms with van der Waals surface area (Å²) in [5, 5.41) is 0. The third-order valence-corrected chi connectivity index (χ3v) is 2.35. The summed E-state index contributed by atoms with van der Waals surface area (Å²) in [6.07, 6.45) is 10.2. The Morgan fingerprint density at radius 3 is 2.43 bits per heavy atom. The van der Waals surface area contributed by atoms with Gasteiger partial charge < -0.3 is 19.6 Å². The average molecular weight is 192 g/mol. The zero-order valence-corrected chi connectivity index (χ0v) is 8.50. The van der Waals surface area contributed by atoms with E-state index in [1.807, 2.05) is 12.4 Å². The lowest BCUT2D eigenvalue weighted by Crippen LogP contribution is -2.34. The summed E-state index contributed by atoms with van der Waals surface area (Å²) >= 11 is 0. The van der Waals surface area contributed by atoms with Crippen LogP contribution in [0.2, 0.25) is 0 Å². The maximum atomic E-state index is 3.73. The number of hydrogen-bond donors (Lipinski definition) is 0. The van der Waals surface area contributed by atoms with E-state index in [0.29, 0.717) is 0 Å². The van der Waals surface area contributed by atoms with Crippen molar-refractivity contribution in [1.29, 1.82) is 0 Å². The first-order valence-electron chi connectivity index (χ1n) is 4.71. The van der Waals surface area contributed by atoms with Crippen LogP contribution in [0.5, 0.6) is 0 Å². The first kappa shape index (κ1) is 8.99. The Morgan fingerprint density at radius 1 is 1.14 bits per heavy atom. The molecule has 4 nitrogen and oxygen atoms in total.